The van der Waals surface area contributed by atoms with Gasteiger partial charge in [-0.3, -0.25) is 4.57 Å². The van der Waals surface area contributed by atoms with E-state index in [2.05, 4.69) is 240 Å². The molecule has 0 saturated carbocycles. The van der Waals surface area contributed by atoms with E-state index in [0.717, 1.165) is 50.1 Å². The quantitative estimate of drug-likeness (QED) is 0.117. The fourth-order valence-electron chi connectivity index (χ4n) is 9.86. The maximum atomic E-state index is 6.84. The van der Waals surface area contributed by atoms with Crippen molar-refractivity contribution in [2.24, 2.45) is 0 Å². The van der Waals surface area contributed by atoms with Crippen LogP contribution in [0.1, 0.15) is 0 Å². The second-order valence-electron chi connectivity index (χ2n) is 15.7. The number of fused-ring (bicyclic) bond motifs is 8. The van der Waals surface area contributed by atoms with Gasteiger partial charge in [0.05, 0.1) is 21.9 Å². The normalized spacial score (nSPS) is 12.0. The molecule has 12 aromatic rings. The lowest BCUT2D eigenvalue weighted by molar-refractivity contribution is 0.645. The third-order valence-electron chi connectivity index (χ3n) is 12.5. The first-order valence-corrected chi connectivity index (χ1v) is 22.6. The van der Waals surface area contributed by atoms with Crippen molar-refractivity contribution in [2.45, 2.75) is 0 Å². The predicted octanol–water partition coefficient (Wildman–Crippen LogP) is 11.7. The third-order valence-corrected chi connectivity index (χ3v) is 17.3. The van der Waals surface area contributed by atoms with E-state index in [9.17, 15) is 0 Å². The van der Waals surface area contributed by atoms with Crippen LogP contribution in [0.5, 0.6) is 0 Å². The van der Waals surface area contributed by atoms with Crippen molar-refractivity contribution < 1.29 is 4.42 Å². The molecule has 0 bridgehead atoms. The minimum atomic E-state index is -2.66. The van der Waals surface area contributed by atoms with Crippen LogP contribution >= 0.6 is 0 Å². The van der Waals surface area contributed by atoms with Crippen LogP contribution in [-0.2, 0) is 0 Å². The van der Waals surface area contributed by atoms with Crippen molar-refractivity contribution in [3.05, 3.63) is 231 Å². The summed E-state index contributed by atoms with van der Waals surface area (Å²) in [6.45, 7) is 0. The molecular weight excluding hydrogens is 745 g/mol. The van der Waals surface area contributed by atoms with Gasteiger partial charge in [-0.1, -0.05) is 176 Å². The molecule has 0 aliphatic heterocycles. The van der Waals surface area contributed by atoms with Crippen LogP contribution in [0.15, 0.2) is 235 Å². The van der Waals surface area contributed by atoms with Crippen molar-refractivity contribution in [3.8, 4) is 22.5 Å². The Morgan fingerprint density at radius 2 is 0.733 bits per heavy atom. The molecule has 9 aromatic carbocycles. The number of nitrogens with zero attached hydrogens (tertiary/aromatic N) is 2. The van der Waals surface area contributed by atoms with Gasteiger partial charge < -0.3 is 8.98 Å². The maximum absolute atomic E-state index is 6.84. The average molecular weight is 783 g/mol. The molecule has 3 nitrogen and oxygen atoms in total. The Bertz CT molecular complexity index is 3360. The van der Waals surface area contributed by atoms with E-state index < -0.39 is 8.07 Å². The summed E-state index contributed by atoms with van der Waals surface area (Å²) < 4.78 is 11.5. The Hall–Kier alpha value is -7.66. The summed E-state index contributed by atoms with van der Waals surface area (Å²) in [5, 5.41) is 11.4. The molecule has 0 radical (unpaired) electrons. The van der Waals surface area contributed by atoms with E-state index in [4.69, 9.17) is 4.42 Å². The van der Waals surface area contributed by atoms with E-state index in [-0.39, 0.29) is 0 Å². The molecule has 0 aliphatic rings. The summed E-state index contributed by atoms with van der Waals surface area (Å²) in [5.74, 6) is 0. The first-order chi connectivity index (χ1) is 29.8. The summed E-state index contributed by atoms with van der Waals surface area (Å²) in [7, 11) is -2.66. The summed E-state index contributed by atoms with van der Waals surface area (Å²) >= 11 is 0. The molecule has 0 spiro atoms. The molecule has 4 heteroatoms. The van der Waals surface area contributed by atoms with Gasteiger partial charge in [-0.25, -0.2) is 0 Å². The molecule has 282 valence electrons. The number of hydrogen-bond donors (Lipinski definition) is 0. The lowest BCUT2D eigenvalue weighted by atomic mass is 10.0. The molecule has 0 aliphatic carbocycles. The molecule has 0 amide bonds. The van der Waals surface area contributed by atoms with E-state index in [1.165, 1.54) is 47.9 Å². The van der Waals surface area contributed by atoms with Gasteiger partial charge in [-0.2, -0.15) is 0 Å². The summed E-state index contributed by atoms with van der Waals surface area (Å²) in [4.78, 5) is 0. The number of furan rings is 1. The fraction of sp³-hybridized carbons (Fsp3) is 0. The molecule has 0 fully saturated rings. The predicted molar refractivity (Wildman–Crippen MR) is 254 cm³/mol. The zero-order chi connectivity index (χ0) is 39.6. The van der Waals surface area contributed by atoms with Crippen LogP contribution in [-0.4, -0.2) is 17.2 Å². The highest BCUT2D eigenvalue weighted by atomic mass is 28.3. The Kier molecular flexibility index (Phi) is 7.87. The van der Waals surface area contributed by atoms with Crippen LogP contribution in [0.2, 0.25) is 0 Å². The molecule has 3 heterocycles. The maximum Gasteiger partial charge on any atom is 0.213 e. The van der Waals surface area contributed by atoms with Gasteiger partial charge >= 0.3 is 0 Å². The van der Waals surface area contributed by atoms with Crippen molar-refractivity contribution in [2.75, 3.05) is 0 Å². The first kappa shape index (κ1) is 34.4. The van der Waals surface area contributed by atoms with Gasteiger partial charge in [-0.15, -0.1) is 0 Å². The molecule has 0 N–H and O–H groups in total. The van der Waals surface area contributed by atoms with Gasteiger partial charge in [0.25, 0.3) is 0 Å². The minimum Gasteiger partial charge on any atom is -0.439 e. The molecule has 12 rings (SSSR count). The fourth-order valence-corrected chi connectivity index (χ4v) is 14.6. The monoisotopic (exact) mass is 782 g/mol. The summed E-state index contributed by atoms with van der Waals surface area (Å²) in [6, 6.07) is 84.2. The zero-order valence-electron chi connectivity index (χ0n) is 32.7. The molecule has 60 heavy (non-hydrogen) atoms. The lowest BCUT2D eigenvalue weighted by Gasteiger charge is -2.34. The second-order valence-corrected chi connectivity index (χ2v) is 19.5. The standard InChI is InChI=1S/C56H38N2OSi/c1-4-16-43(17-5-1)60(44-18-6-2-7-19-44,45-20-8-3-9-21-45)46-35-33-42(34-36-46)58-53-27-15-12-24-49(53)55-50-38-40(30-37-54(50)59-56(55)58)39-28-31-41(32-29-39)57-51-25-13-10-22-47(51)48-23-11-14-26-52(48)57/h1-38H. The van der Waals surface area contributed by atoms with Gasteiger partial charge in [-0.05, 0) is 86.5 Å². The SMILES string of the molecule is c1ccc([Si](c2ccccc2)(c2ccccc2)c2ccc(-n3c4ccccc4c4c5cc(-c6ccc(-n7c8ccccc8c8ccccc87)cc6)ccc5oc43)cc2)cc1. The Balaban J connectivity index is 0.981. The van der Waals surface area contributed by atoms with Crippen molar-refractivity contribution >= 4 is 83.6 Å². The molecule has 0 atom stereocenters. The number of para-hydroxylation sites is 3. The Morgan fingerprint density at radius 3 is 1.28 bits per heavy atom. The van der Waals surface area contributed by atoms with Crippen LogP contribution in [0.4, 0.5) is 0 Å². The minimum absolute atomic E-state index is 0.857. The molecule has 3 aromatic heterocycles. The first-order valence-electron chi connectivity index (χ1n) is 20.6. The Morgan fingerprint density at radius 1 is 0.317 bits per heavy atom. The molecule has 0 unspecified atom stereocenters. The molecular formula is C56H38N2OSi. The van der Waals surface area contributed by atoms with Gasteiger partial charge in [0.2, 0.25) is 5.71 Å². The van der Waals surface area contributed by atoms with Crippen molar-refractivity contribution in [1.29, 1.82) is 0 Å². The molecule has 0 saturated heterocycles. The van der Waals surface area contributed by atoms with Gasteiger partial charge in [0.15, 0.2) is 8.07 Å². The summed E-state index contributed by atoms with van der Waals surface area (Å²) in [5.41, 5.74) is 9.83. The van der Waals surface area contributed by atoms with Crippen molar-refractivity contribution in [3.63, 3.8) is 0 Å². The van der Waals surface area contributed by atoms with E-state index in [0.29, 0.717) is 0 Å². The van der Waals surface area contributed by atoms with Crippen LogP contribution < -0.4 is 20.7 Å². The average Bonchev–Trinajstić information content (AvgIpc) is 3.97. The highest BCUT2D eigenvalue weighted by Gasteiger charge is 2.41. The number of hydrogen-bond acceptors (Lipinski definition) is 1. The third kappa shape index (κ3) is 5.14. The second kappa shape index (κ2) is 13.7. The topological polar surface area (TPSA) is 23.0 Å². The number of aromatic nitrogens is 2. The largest absolute Gasteiger partial charge is 0.439 e. The van der Waals surface area contributed by atoms with Crippen LogP contribution in [0, 0.1) is 0 Å². The number of benzene rings is 9. The van der Waals surface area contributed by atoms with Crippen LogP contribution in [0.3, 0.4) is 0 Å². The van der Waals surface area contributed by atoms with E-state index in [1.54, 1.807) is 0 Å². The highest BCUT2D eigenvalue weighted by Crippen LogP contribution is 2.41. The highest BCUT2D eigenvalue weighted by molar-refractivity contribution is 7.19. The van der Waals surface area contributed by atoms with Gasteiger partial charge in [0.1, 0.15) is 5.58 Å². The Labute approximate surface area is 348 Å². The lowest BCUT2D eigenvalue weighted by Crippen LogP contribution is -2.74. The number of rotatable bonds is 7. The zero-order valence-corrected chi connectivity index (χ0v) is 33.7. The van der Waals surface area contributed by atoms with Crippen LogP contribution in [0.25, 0.3) is 77.3 Å². The van der Waals surface area contributed by atoms with E-state index in [1.807, 2.05) is 0 Å². The van der Waals surface area contributed by atoms with E-state index >= 15 is 0 Å². The van der Waals surface area contributed by atoms with Crippen molar-refractivity contribution in [1.82, 2.24) is 9.13 Å². The smallest absolute Gasteiger partial charge is 0.213 e. The summed E-state index contributed by atoms with van der Waals surface area (Å²) in [6.07, 6.45) is 0. The van der Waals surface area contributed by atoms with Gasteiger partial charge in [0, 0.05) is 32.9 Å².